The van der Waals surface area contributed by atoms with Gasteiger partial charge in [-0.05, 0) is 61.8 Å². The molecule has 4 rings (SSSR count). The monoisotopic (exact) mass is 390 g/mol. The molecule has 2 fully saturated rings. The van der Waals surface area contributed by atoms with Crippen LogP contribution in [0.4, 0.5) is 5.00 Å². The van der Waals surface area contributed by atoms with Gasteiger partial charge in [0.25, 0.3) is 5.91 Å². The molecule has 1 aromatic heterocycles. The van der Waals surface area contributed by atoms with Crippen LogP contribution in [-0.2, 0) is 22.4 Å². The normalized spacial score (nSPS) is 31.5. The molecule has 146 valence electrons. The van der Waals surface area contributed by atoms with E-state index in [4.69, 9.17) is 5.73 Å². The van der Waals surface area contributed by atoms with E-state index in [0.717, 1.165) is 55.4 Å². The molecule has 1 aromatic rings. The number of aliphatic carboxylic acids is 1. The number of carboxylic acid groups (broad SMARTS) is 1. The van der Waals surface area contributed by atoms with Crippen LogP contribution < -0.4 is 11.1 Å². The zero-order valence-electron chi connectivity index (χ0n) is 15.5. The number of carboxylic acids is 1. The van der Waals surface area contributed by atoms with Gasteiger partial charge in [-0.1, -0.05) is 13.3 Å². The predicted octanol–water partition coefficient (Wildman–Crippen LogP) is 3.05. The van der Waals surface area contributed by atoms with Crippen molar-refractivity contribution in [3.63, 3.8) is 0 Å². The second-order valence-corrected chi connectivity index (χ2v) is 9.41. The van der Waals surface area contributed by atoms with Gasteiger partial charge in [0.1, 0.15) is 5.00 Å². The average Bonchev–Trinajstić information content (AvgIpc) is 3.32. The van der Waals surface area contributed by atoms with Crippen molar-refractivity contribution in [1.82, 2.24) is 0 Å². The number of nitrogens with two attached hydrogens (primary N) is 1. The van der Waals surface area contributed by atoms with Crippen molar-refractivity contribution in [2.75, 3.05) is 5.32 Å². The van der Waals surface area contributed by atoms with Crippen molar-refractivity contribution in [1.29, 1.82) is 0 Å². The van der Waals surface area contributed by atoms with Gasteiger partial charge in [0.15, 0.2) is 0 Å². The first-order valence-corrected chi connectivity index (χ1v) is 10.7. The first-order chi connectivity index (χ1) is 12.9. The van der Waals surface area contributed by atoms with Gasteiger partial charge in [-0.15, -0.1) is 11.3 Å². The Balaban J connectivity index is 1.61. The summed E-state index contributed by atoms with van der Waals surface area (Å²) in [5.74, 6) is -1.95. The highest BCUT2D eigenvalue weighted by Gasteiger charge is 2.54. The van der Waals surface area contributed by atoms with E-state index in [1.165, 1.54) is 11.3 Å². The number of primary amides is 1. The van der Waals surface area contributed by atoms with Crippen LogP contribution in [0.5, 0.6) is 0 Å². The maximum absolute atomic E-state index is 13.0. The molecule has 2 amide bonds. The first-order valence-electron chi connectivity index (χ1n) is 9.88. The molecule has 0 spiro atoms. The van der Waals surface area contributed by atoms with Gasteiger partial charge in [-0.25, -0.2) is 0 Å². The van der Waals surface area contributed by atoms with E-state index in [0.29, 0.717) is 16.5 Å². The summed E-state index contributed by atoms with van der Waals surface area (Å²) in [5, 5.41) is 13.0. The lowest BCUT2D eigenvalue weighted by Gasteiger charge is -2.26. The van der Waals surface area contributed by atoms with Crippen molar-refractivity contribution in [3.05, 3.63) is 16.0 Å². The van der Waals surface area contributed by atoms with Crippen molar-refractivity contribution in [3.8, 4) is 0 Å². The molecule has 0 unspecified atom stereocenters. The molecule has 1 heterocycles. The third kappa shape index (κ3) is 3.06. The summed E-state index contributed by atoms with van der Waals surface area (Å²) in [6.45, 7) is 2.17. The number of fused-ring (bicyclic) bond motifs is 3. The minimum absolute atomic E-state index is 0.0979. The zero-order chi connectivity index (χ0) is 19.3. The van der Waals surface area contributed by atoms with Gasteiger partial charge in [0, 0.05) is 4.88 Å². The summed E-state index contributed by atoms with van der Waals surface area (Å²) in [6, 6.07) is 0. The number of hydrogen-bond donors (Lipinski definition) is 3. The highest BCUT2D eigenvalue weighted by atomic mass is 32.1. The largest absolute Gasteiger partial charge is 0.481 e. The summed E-state index contributed by atoms with van der Waals surface area (Å²) in [4.78, 5) is 37.9. The smallest absolute Gasteiger partial charge is 0.307 e. The van der Waals surface area contributed by atoms with E-state index in [1.807, 2.05) is 0 Å². The molecule has 2 bridgehead atoms. The minimum Gasteiger partial charge on any atom is -0.481 e. The molecule has 6 nitrogen and oxygen atoms in total. The SMILES string of the molecule is CC[C@H]1CCc2c(sc(NC(=O)[C@@H]3[C@@H]4CC[C@H](C4)[C@@H]3C(=O)O)c2C(N)=O)C1. The number of thiophene rings is 1. The summed E-state index contributed by atoms with van der Waals surface area (Å²) in [6.07, 6.45) is 6.47. The van der Waals surface area contributed by atoms with E-state index in [-0.39, 0.29) is 17.7 Å². The van der Waals surface area contributed by atoms with Gasteiger partial charge in [-0.2, -0.15) is 0 Å². The maximum atomic E-state index is 13.0. The van der Waals surface area contributed by atoms with Crippen LogP contribution in [0.25, 0.3) is 0 Å². The molecule has 27 heavy (non-hydrogen) atoms. The van der Waals surface area contributed by atoms with E-state index in [2.05, 4.69) is 12.2 Å². The quantitative estimate of drug-likeness (QED) is 0.718. The Bertz CT molecular complexity index is 802. The number of anilines is 1. The third-order valence-electron chi connectivity index (χ3n) is 6.93. The Kier molecular flexibility index (Phi) is 4.74. The lowest BCUT2D eigenvalue weighted by Crippen LogP contribution is -2.38. The summed E-state index contributed by atoms with van der Waals surface area (Å²) in [5.41, 5.74) is 7.06. The molecule has 0 radical (unpaired) electrons. The first kappa shape index (κ1) is 18.5. The Hall–Kier alpha value is -1.89. The summed E-state index contributed by atoms with van der Waals surface area (Å²) < 4.78 is 0. The van der Waals surface area contributed by atoms with Crippen LogP contribution >= 0.6 is 11.3 Å². The molecule has 3 aliphatic rings. The second kappa shape index (κ2) is 6.93. The fourth-order valence-corrected chi connectivity index (χ4v) is 6.94. The fourth-order valence-electron chi connectivity index (χ4n) is 5.57. The van der Waals surface area contributed by atoms with Crippen molar-refractivity contribution in [2.45, 2.75) is 51.9 Å². The molecular weight excluding hydrogens is 364 g/mol. The topological polar surface area (TPSA) is 109 Å². The van der Waals surface area contributed by atoms with Crippen molar-refractivity contribution >= 4 is 34.1 Å². The standard InChI is InChI=1S/C20H26N2O4S/c1-2-9-3-6-12-13(7-9)27-19(16(12)17(21)23)22-18(24)14-10-4-5-11(8-10)15(14)20(25)26/h9-11,14-15H,2-8H2,1H3,(H2,21,23)(H,22,24)(H,25,26)/t9-,10+,11+,14+,15-/m0/s1. The van der Waals surface area contributed by atoms with Crippen LogP contribution in [0.15, 0.2) is 0 Å². The van der Waals surface area contributed by atoms with E-state index in [9.17, 15) is 19.5 Å². The van der Waals surface area contributed by atoms with Gasteiger partial charge >= 0.3 is 5.97 Å². The lowest BCUT2D eigenvalue weighted by molar-refractivity contribution is -0.148. The Labute approximate surface area is 162 Å². The lowest BCUT2D eigenvalue weighted by atomic mass is 9.78. The van der Waals surface area contributed by atoms with Gasteiger partial charge in [0.05, 0.1) is 17.4 Å². The third-order valence-corrected chi connectivity index (χ3v) is 8.10. The Morgan fingerprint density at radius 1 is 1.19 bits per heavy atom. The number of carbonyl (C=O) groups excluding carboxylic acids is 2. The molecular formula is C20H26N2O4S. The van der Waals surface area contributed by atoms with Gasteiger partial charge in [0.2, 0.25) is 5.91 Å². The molecule has 5 atom stereocenters. The molecule has 0 aromatic carbocycles. The molecule has 7 heteroatoms. The van der Waals surface area contributed by atoms with E-state index < -0.39 is 23.7 Å². The minimum atomic E-state index is -0.881. The average molecular weight is 391 g/mol. The second-order valence-electron chi connectivity index (χ2n) is 8.30. The van der Waals surface area contributed by atoms with E-state index >= 15 is 0 Å². The summed E-state index contributed by atoms with van der Waals surface area (Å²) in [7, 11) is 0. The van der Waals surface area contributed by atoms with Crippen molar-refractivity contribution < 1.29 is 19.5 Å². The predicted molar refractivity (Wildman–Crippen MR) is 103 cm³/mol. The Morgan fingerprint density at radius 3 is 2.52 bits per heavy atom. The molecule has 0 aliphatic heterocycles. The molecule has 2 saturated carbocycles. The van der Waals surface area contributed by atoms with Gasteiger partial charge < -0.3 is 16.2 Å². The molecule has 4 N–H and O–H groups in total. The van der Waals surface area contributed by atoms with Crippen LogP contribution in [0, 0.1) is 29.6 Å². The Morgan fingerprint density at radius 2 is 1.89 bits per heavy atom. The van der Waals surface area contributed by atoms with Crippen LogP contribution in [0.1, 0.15) is 59.8 Å². The van der Waals surface area contributed by atoms with Crippen LogP contribution in [-0.4, -0.2) is 22.9 Å². The molecule has 3 aliphatic carbocycles. The number of carbonyl (C=O) groups is 3. The highest BCUT2D eigenvalue weighted by Crippen LogP contribution is 2.53. The van der Waals surface area contributed by atoms with Gasteiger partial charge in [-0.3, -0.25) is 14.4 Å². The fraction of sp³-hybridized carbons (Fsp3) is 0.650. The number of amides is 2. The molecule has 0 saturated heterocycles. The van der Waals surface area contributed by atoms with E-state index in [1.54, 1.807) is 0 Å². The number of nitrogens with one attached hydrogen (secondary N) is 1. The zero-order valence-corrected chi connectivity index (χ0v) is 16.3. The van der Waals surface area contributed by atoms with Crippen LogP contribution in [0.3, 0.4) is 0 Å². The summed E-state index contributed by atoms with van der Waals surface area (Å²) >= 11 is 1.45. The maximum Gasteiger partial charge on any atom is 0.307 e. The number of hydrogen-bond acceptors (Lipinski definition) is 4. The number of rotatable bonds is 5. The van der Waals surface area contributed by atoms with Crippen LogP contribution in [0.2, 0.25) is 0 Å². The highest BCUT2D eigenvalue weighted by molar-refractivity contribution is 7.17. The van der Waals surface area contributed by atoms with Crippen molar-refractivity contribution in [2.24, 2.45) is 35.3 Å².